The first-order chi connectivity index (χ1) is 18.0. The highest BCUT2D eigenvalue weighted by Gasteiger charge is 2.30. The number of benzene rings is 2. The highest BCUT2D eigenvalue weighted by molar-refractivity contribution is 5.99. The van der Waals surface area contributed by atoms with Crippen molar-refractivity contribution < 1.29 is 14.6 Å². The fourth-order valence-electron chi connectivity index (χ4n) is 4.77. The lowest BCUT2D eigenvalue weighted by molar-refractivity contribution is 0.0272. The van der Waals surface area contributed by atoms with Crippen LogP contribution in [0.1, 0.15) is 40.7 Å². The van der Waals surface area contributed by atoms with Crippen molar-refractivity contribution in [1.29, 1.82) is 0 Å². The van der Waals surface area contributed by atoms with Crippen molar-refractivity contribution in [3.05, 3.63) is 89.9 Å². The van der Waals surface area contributed by atoms with Gasteiger partial charge in [-0.2, -0.15) is 5.10 Å². The van der Waals surface area contributed by atoms with Gasteiger partial charge in [0.1, 0.15) is 5.82 Å². The fraction of sp³-hybridized carbons (Fsp3) is 0.276. The Hall–Kier alpha value is -4.01. The standard InChI is InChI=1S/C29H31N5O3/c1-34-16-24(15-32-34)23-13-25(28(30)31-14-23)29(36)33-26-6-3-7-27(26)37-18-19-8-10-21(11-9-19)22-5-2-4-20(12-22)17-35/h2,4-5,8-16,26-27,35H,3,6-7,17-18H2,1H3,(H2,30,31)(H,33,36)/t26-,27-/m0/s1. The second-order valence-corrected chi connectivity index (χ2v) is 9.48. The Bertz CT molecular complexity index is 1380. The van der Waals surface area contributed by atoms with Crippen molar-refractivity contribution in [3.63, 3.8) is 0 Å². The number of aryl methyl sites for hydroxylation is 1. The van der Waals surface area contributed by atoms with Gasteiger partial charge < -0.3 is 20.9 Å². The van der Waals surface area contributed by atoms with Crippen LogP contribution in [0.4, 0.5) is 5.82 Å². The van der Waals surface area contributed by atoms with Crippen LogP contribution in [0.3, 0.4) is 0 Å². The summed E-state index contributed by atoms with van der Waals surface area (Å²) in [5, 5.41) is 16.7. The van der Waals surface area contributed by atoms with Crippen LogP contribution in [0.25, 0.3) is 22.3 Å². The molecule has 1 aliphatic rings. The molecule has 2 heterocycles. The van der Waals surface area contributed by atoms with Crippen LogP contribution in [0.5, 0.6) is 0 Å². The molecule has 0 unspecified atom stereocenters. The number of ether oxygens (including phenoxy) is 1. The minimum Gasteiger partial charge on any atom is -0.392 e. The molecule has 1 amide bonds. The molecule has 8 heteroatoms. The summed E-state index contributed by atoms with van der Waals surface area (Å²) in [4.78, 5) is 17.4. The number of pyridine rings is 1. The Morgan fingerprint density at radius 3 is 2.65 bits per heavy atom. The number of rotatable bonds is 8. The van der Waals surface area contributed by atoms with Crippen LogP contribution in [0.15, 0.2) is 73.2 Å². The number of nitrogens with zero attached hydrogens (tertiary/aromatic N) is 3. The van der Waals surface area contributed by atoms with E-state index in [-0.39, 0.29) is 30.5 Å². The van der Waals surface area contributed by atoms with Crippen molar-refractivity contribution in [2.24, 2.45) is 7.05 Å². The zero-order valence-electron chi connectivity index (χ0n) is 20.8. The lowest BCUT2D eigenvalue weighted by atomic mass is 10.0. The van der Waals surface area contributed by atoms with Gasteiger partial charge in [-0.15, -0.1) is 0 Å². The van der Waals surface area contributed by atoms with E-state index in [1.54, 1.807) is 23.1 Å². The molecule has 1 saturated carbocycles. The molecule has 0 radical (unpaired) electrons. The summed E-state index contributed by atoms with van der Waals surface area (Å²) >= 11 is 0. The number of carbonyl (C=O) groups is 1. The monoisotopic (exact) mass is 497 g/mol. The van der Waals surface area contributed by atoms with Crippen molar-refractivity contribution in [1.82, 2.24) is 20.1 Å². The van der Waals surface area contributed by atoms with Crippen molar-refractivity contribution in [3.8, 4) is 22.3 Å². The average Bonchev–Trinajstić information content (AvgIpc) is 3.56. The number of anilines is 1. The molecule has 190 valence electrons. The highest BCUT2D eigenvalue weighted by Crippen LogP contribution is 2.26. The van der Waals surface area contributed by atoms with Crippen LogP contribution < -0.4 is 11.1 Å². The number of aliphatic hydroxyl groups is 1. The van der Waals surface area contributed by atoms with Gasteiger partial charge in [0.05, 0.1) is 37.1 Å². The maximum absolute atomic E-state index is 13.1. The first-order valence-electron chi connectivity index (χ1n) is 12.5. The van der Waals surface area contributed by atoms with Gasteiger partial charge in [0.25, 0.3) is 5.91 Å². The van der Waals surface area contributed by atoms with Crippen LogP contribution in [0, 0.1) is 0 Å². The second-order valence-electron chi connectivity index (χ2n) is 9.48. The molecule has 5 rings (SSSR count). The van der Waals surface area contributed by atoms with E-state index in [1.165, 1.54) is 0 Å². The molecule has 2 atom stereocenters. The van der Waals surface area contributed by atoms with E-state index < -0.39 is 0 Å². The molecule has 1 fully saturated rings. The SMILES string of the molecule is Cn1cc(-c2cnc(N)c(C(=O)N[C@H]3CCC[C@@H]3OCc3ccc(-c4cccc(CO)c4)cc3)c2)cn1. The third-order valence-electron chi connectivity index (χ3n) is 6.83. The lowest BCUT2D eigenvalue weighted by Crippen LogP contribution is -2.41. The third kappa shape index (κ3) is 5.71. The number of amides is 1. The quantitative estimate of drug-likeness (QED) is 0.338. The molecule has 0 saturated heterocycles. The van der Waals surface area contributed by atoms with Crippen LogP contribution in [0.2, 0.25) is 0 Å². The zero-order chi connectivity index (χ0) is 25.8. The fourth-order valence-corrected chi connectivity index (χ4v) is 4.77. The number of aromatic nitrogens is 3. The van der Waals surface area contributed by atoms with Crippen molar-refractivity contribution in [2.75, 3.05) is 5.73 Å². The summed E-state index contributed by atoms with van der Waals surface area (Å²) < 4.78 is 7.94. The third-order valence-corrected chi connectivity index (χ3v) is 6.83. The molecular formula is C29H31N5O3. The number of nitrogens with two attached hydrogens (primary N) is 1. The van der Waals surface area contributed by atoms with Gasteiger partial charge in [0.15, 0.2) is 0 Å². The normalized spacial score (nSPS) is 17.1. The van der Waals surface area contributed by atoms with Crippen molar-refractivity contribution in [2.45, 2.75) is 44.6 Å². The summed E-state index contributed by atoms with van der Waals surface area (Å²) in [6, 6.07) is 17.8. The van der Waals surface area contributed by atoms with Crippen LogP contribution >= 0.6 is 0 Å². The molecule has 4 aromatic rings. The Labute approximate surface area is 216 Å². The number of carbonyl (C=O) groups excluding carboxylic acids is 1. The Balaban J connectivity index is 1.21. The van der Waals surface area contributed by atoms with E-state index in [9.17, 15) is 9.90 Å². The van der Waals surface area contributed by atoms with Gasteiger partial charge in [-0.3, -0.25) is 9.48 Å². The van der Waals surface area contributed by atoms with Crippen LogP contribution in [-0.2, 0) is 25.0 Å². The van der Waals surface area contributed by atoms with Crippen LogP contribution in [-0.4, -0.2) is 37.9 Å². The number of nitrogen functional groups attached to an aromatic ring is 1. The second kappa shape index (κ2) is 10.9. The first-order valence-corrected chi connectivity index (χ1v) is 12.5. The van der Waals surface area contributed by atoms with E-state index in [0.29, 0.717) is 12.2 Å². The molecule has 2 aromatic heterocycles. The van der Waals surface area contributed by atoms with E-state index in [1.807, 2.05) is 37.5 Å². The summed E-state index contributed by atoms with van der Waals surface area (Å²) in [6.45, 7) is 0.492. The number of aliphatic hydroxyl groups excluding tert-OH is 1. The molecule has 0 spiro atoms. The summed E-state index contributed by atoms with van der Waals surface area (Å²) in [7, 11) is 1.84. The molecule has 0 bridgehead atoms. The summed E-state index contributed by atoms with van der Waals surface area (Å²) in [5.41, 5.74) is 12.2. The predicted molar refractivity (Wildman–Crippen MR) is 142 cm³/mol. The summed E-state index contributed by atoms with van der Waals surface area (Å²) in [5.74, 6) is -0.0454. The van der Waals surface area contributed by atoms with Gasteiger partial charge in [-0.25, -0.2) is 4.98 Å². The van der Waals surface area contributed by atoms with E-state index in [0.717, 1.165) is 52.6 Å². The molecular weight excluding hydrogens is 466 g/mol. The Morgan fingerprint density at radius 1 is 1.05 bits per heavy atom. The van der Waals surface area contributed by atoms with E-state index >= 15 is 0 Å². The summed E-state index contributed by atoms with van der Waals surface area (Å²) in [6.07, 6.45) is 7.91. The Kier molecular flexibility index (Phi) is 7.30. The molecule has 0 aliphatic heterocycles. The maximum atomic E-state index is 13.1. The molecule has 1 aliphatic carbocycles. The lowest BCUT2D eigenvalue weighted by Gasteiger charge is -2.22. The molecule has 37 heavy (non-hydrogen) atoms. The number of hydrogen-bond acceptors (Lipinski definition) is 6. The van der Waals surface area contributed by atoms with E-state index in [4.69, 9.17) is 10.5 Å². The molecule has 4 N–H and O–H groups in total. The number of nitrogens with one attached hydrogen (secondary N) is 1. The minimum absolute atomic E-state index is 0.0257. The van der Waals surface area contributed by atoms with Gasteiger partial charge in [0.2, 0.25) is 0 Å². The molecule has 8 nitrogen and oxygen atoms in total. The Morgan fingerprint density at radius 2 is 1.89 bits per heavy atom. The van der Waals surface area contributed by atoms with E-state index in [2.05, 4.69) is 39.7 Å². The molecule has 2 aromatic carbocycles. The van der Waals surface area contributed by atoms with Gasteiger partial charge in [-0.05, 0) is 53.6 Å². The average molecular weight is 498 g/mol. The van der Waals surface area contributed by atoms with Gasteiger partial charge >= 0.3 is 0 Å². The number of hydrogen-bond donors (Lipinski definition) is 3. The van der Waals surface area contributed by atoms with Crippen molar-refractivity contribution >= 4 is 11.7 Å². The topological polar surface area (TPSA) is 115 Å². The zero-order valence-corrected chi connectivity index (χ0v) is 20.8. The smallest absolute Gasteiger partial charge is 0.255 e. The highest BCUT2D eigenvalue weighted by atomic mass is 16.5. The van der Waals surface area contributed by atoms with Gasteiger partial charge in [-0.1, -0.05) is 42.5 Å². The maximum Gasteiger partial charge on any atom is 0.255 e. The largest absolute Gasteiger partial charge is 0.392 e. The minimum atomic E-state index is -0.245. The predicted octanol–water partition coefficient (Wildman–Crippen LogP) is 4.09. The first kappa shape index (κ1) is 24.7. The van der Waals surface area contributed by atoms with Gasteiger partial charge in [0, 0.05) is 30.6 Å².